The van der Waals surface area contributed by atoms with Crippen LogP contribution in [0.1, 0.15) is 22.3 Å². The van der Waals surface area contributed by atoms with Gasteiger partial charge in [-0.2, -0.15) is 17.2 Å². The molecule has 0 N–H and O–H groups in total. The molecule has 9 aromatic rings. The van der Waals surface area contributed by atoms with E-state index in [9.17, 15) is 0 Å². The molecule has 0 aliphatic carbocycles. The van der Waals surface area contributed by atoms with Crippen molar-refractivity contribution >= 4 is 21.8 Å². The predicted molar refractivity (Wildman–Crippen MR) is 215 cm³/mol. The summed E-state index contributed by atoms with van der Waals surface area (Å²) in [5, 5.41) is 7.12. The van der Waals surface area contributed by atoms with E-state index in [0.717, 1.165) is 44.4 Å². The maximum absolute atomic E-state index is 6.46. The number of benzene rings is 6. The van der Waals surface area contributed by atoms with Gasteiger partial charge in [-0.3, -0.25) is 4.68 Å². The Bertz CT molecular complexity index is 2730. The molecule has 0 saturated heterocycles. The Hall–Kier alpha value is -6.03. The third-order valence-corrected chi connectivity index (χ3v) is 10.3. The van der Waals surface area contributed by atoms with Gasteiger partial charge in [0.05, 0.1) is 6.20 Å². The molecule has 0 aliphatic heterocycles. The van der Waals surface area contributed by atoms with E-state index in [4.69, 9.17) is 14.8 Å². The second kappa shape index (κ2) is 14.4. The molecule has 264 valence electrons. The van der Waals surface area contributed by atoms with E-state index in [1.54, 1.807) is 0 Å². The molecule has 9 rings (SSSR count). The quantitative estimate of drug-likeness (QED) is 0.150. The minimum Gasteiger partial charge on any atom is -0.509 e. The van der Waals surface area contributed by atoms with Crippen LogP contribution in [0.15, 0.2) is 146 Å². The summed E-state index contributed by atoms with van der Waals surface area (Å²) in [4.78, 5) is 4.71. The first-order chi connectivity index (χ1) is 25.9. The molecule has 5 nitrogen and oxygen atoms in total. The fraction of sp³-hybridized carbons (Fsp3) is 0.0833. The third kappa shape index (κ3) is 6.15. The SMILES string of the molecule is Cc1ccnc(-n2c3[c-]c(Oc4[c-]c(-n5cc(-c6c(-c7ccccc7)c(C)c(C)c(C)c6-c6ccccc6)cn5)ccc4)ccc3c3ccccc32)c1.[Pt+2]. The van der Waals surface area contributed by atoms with Gasteiger partial charge in [0.25, 0.3) is 0 Å². The zero-order valence-corrected chi connectivity index (χ0v) is 32.6. The average Bonchev–Trinajstić information content (AvgIpc) is 3.81. The van der Waals surface area contributed by atoms with E-state index in [1.165, 1.54) is 44.5 Å². The molecule has 6 aromatic carbocycles. The Balaban J connectivity index is 0.00000413. The molecule has 0 amide bonds. The van der Waals surface area contributed by atoms with E-state index < -0.39 is 0 Å². The average molecular weight is 880 g/mol. The van der Waals surface area contributed by atoms with Crippen molar-refractivity contribution in [3.63, 3.8) is 0 Å². The molecule has 0 aliphatic rings. The van der Waals surface area contributed by atoms with Gasteiger partial charge < -0.3 is 9.30 Å². The normalized spacial score (nSPS) is 11.2. The molecule has 0 unspecified atom stereocenters. The van der Waals surface area contributed by atoms with E-state index in [0.29, 0.717) is 11.5 Å². The summed E-state index contributed by atoms with van der Waals surface area (Å²) >= 11 is 0. The minimum atomic E-state index is 0. The monoisotopic (exact) mass is 879 g/mol. The molecule has 0 fully saturated rings. The summed E-state index contributed by atoms with van der Waals surface area (Å²) in [7, 11) is 0. The number of nitrogens with zero attached hydrogens (tertiary/aromatic N) is 4. The summed E-state index contributed by atoms with van der Waals surface area (Å²) in [6, 6.07) is 50.8. The fourth-order valence-electron chi connectivity index (χ4n) is 7.52. The van der Waals surface area contributed by atoms with Gasteiger partial charge in [-0.05, 0) is 101 Å². The summed E-state index contributed by atoms with van der Waals surface area (Å²) < 4.78 is 10.5. The first-order valence-corrected chi connectivity index (χ1v) is 17.8. The first-order valence-electron chi connectivity index (χ1n) is 17.8. The minimum absolute atomic E-state index is 0. The molecule has 0 radical (unpaired) electrons. The summed E-state index contributed by atoms with van der Waals surface area (Å²) in [6.45, 7) is 8.77. The van der Waals surface area contributed by atoms with Crippen molar-refractivity contribution in [1.29, 1.82) is 0 Å². The van der Waals surface area contributed by atoms with E-state index >= 15 is 0 Å². The van der Waals surface area contributed by atoms with E-state index in [2.05, 4.69) is 148 Å². The number of hydrogen-bond donors (Lipinski definition) is 0. The van der Waals surface area contributed by atoms with Gasteiger partial charge in [0.1, 0.15) is 5.82 Å². The Morgan fingerprint density at radius 1 is 0.574 bits per heavy atom. The van der Waals surface area contributed by atoms with Crippen LogP contribution in [0.3, 0.4) is 0 Å². The van der Waals surface area contributed by atoms with E-state index in [-0.39, 0.29) is 21.1 Å². The number of fused-ring (bicyclic) bond motifs is 3. The van der Waals surface area contributed by atoms with Gasteiger partial charge in [0.2, 0.25) is 0 Å². The van der Waals surface area contributed by atoms with Gasteiger partial charge in [-0.1, -0.05) is 84.4 Å². The summed E-state index contributed by atoms with van der Waals surface area (Å²) in [6.07, 6.45) is 5.91. The number of hydrogen-bond acceptors (Lipinski definition) is 3. The van der Waals surface area contributed by atoms with Crippen LogP contribution in [0.2, 0.25) is 0 Å². The van der Waals surface area contributed by atoms with Crippen LogP contribution in [-0.4, -0.2) is 19.3 Å². The molecular weight excluding hydrogens is 844 g/mol. The van der Waals surface area contributed by atoms with Gasteiger partial charge in [0.15, 0.2) is 0 Å². The second-order valence-electron chi connectivity index (χ2n) is 13.5. The standard InChI is InChI=1S/C48H36N4O.Pt/c1-31-24-25-49-45(26-31)52-43-21-12-11-20-41(43)42-23-22-40(28-44(42)52)53-39-19-13-18-38(27-39)51-30-37(29-50-51)48-46(35-14-7-5-8-15-35)33(3)32(2)34(4)47(48)36-16-9-6-10-17-36;/h5-26,29-30H,1-4H3;/q-2;+2. The topological polar surface area (TPSA) is 44.9 Å². The maximum atomic E-state index is 6.46. The van der Waals surface area contributed by atoms with Gasteiger partial charge in [-0.15, -0.1) is 35.7 Å². The number of aryl methyl sites for hydroxylation is 1. The zero-order valence-electron chi connectivity index (χ0n) is 30.4. The van der Waals surface area contributed by atoms with Crippen molar-refractivity contribution in [3.05, 3.63) is 180 Å². The van der Waals surface area contributed by atoms with Crippen LogP contribution < -0.4 is 4.74 Å². The predicted octanol–water partition coefficient (Wildman–Crippen LogP) is 12.0. The largest absolute Gasteiger partial charge is 2.00 e. The Labute approximate surface area is 329 Å². The van der Waals surface area contributed by atoms with Crippen LogP contribution >= 0.6 is 0 Å². The number of aromatic nitrogens is 4. The first kappa shape index (κ1) is 35.0. The number of rotatable bonds is 7. The fourth-order valence-corrected chi connectivity index (χ4v) is 7.52. The molecule has 3 aromatic heterocycles. The van der Waals surface area contributed by atoms with Crippen molar-refractivity contribution in [1.82, 2.24) is 19.3 Å². The number of para-hydroxylation sites is 1. The maximum Gasteiger partial charge on any atom is 2.00 e. The second-order valence-corrected chi connectivity index (χ2v) is 13.5. The molecular formula is C48H36N4OPt. The van der Waals surface area contributed by atoms with Crippen LogP contribution in [0.5, 0.6) is 11.5 Å². The molecule has 0 atom stereocenters. The van der Waals surface area contributed by atoms with Crippen LogP contribution in [0.25, 0.3) is 66.7 Å². The Kier molecular flexibility index (Phi) is 9.35. The molecule has 0 bridgehead atoms. The summed E-state index contributed by atoms with van der Waals surface area (Å²) in [5.74, 6) is 2.01. The van der Waals surface area contributed by atoms with Crippen molar-refractivity contribution in [3.8, 4) is 56.4 Å². The van der Waals surface area contributed by atoms with Gasteiger partial charge in [0, 0.05) is 40.5 Å². The molecule has 0 spiro atoms. The van der Waals surface area contributed by atoms with Gasteiger partial charge >= 0.3 is 21.1 Å². The summed E-state index contributed by atoms with van der Waals surface area (Å²) in [5.41, 5.74) is 14.7. The van der Waals surface area contributed by atoms with Gasteiger partial charge in [-0.25, -0.2) is 4.98 Å². The third-order valence-electron chi connectivity index (χ3n) is 10.3. The van der Waals surface area contributed by atoms with Crippen molar-refractivity contribution in [2.75, 3.05) is 0 Å². The molecule has 0 saturated carbocycles. The zero-order chi connectivity index (χ0) is 36.1. The van der Waals surface area contributed by atoms with Crippen molar-refractivity contribution in [2.45, 2.75) is 27.7 Å². The smallest absolute Gasteiger partial charge is 0.509 e. The van der Waals surface area contributed by atoms with Crippen LogP contribution in [0.4, 0.5) is 0 Å². The van der Waals surface area contributed by atoms with Crippen molar-refractivity contribution < 1.29 is 25.8 Å². The Morgan fingerprint density at radius 3 is 1.94 bits per heavy atom. The van der Waals surface area contributed by atoms with Crippen LogP contribution in [0, 0.1) is 39.8 Å². The number of pyridine rings is 1. The number of ether oxygens (including phenoxy) is 1. The molecule has 54 heavy (non-hydrogen) atoms. The van der Waals surface area contributed by atoms with Crippen molar-refractivity contribution in [2.24, 2.45) is 0 Å². The molecule has 6 heteroatoms. The van der Waals surface area contributed by atoms with E-state index in [1.807, 2.05) is 47.4 Å². The van der Waals surface area contributed by atoms with Crippen LogP contribution in [-0.2, 0) is 21.1 Å². The Morgan fingerprint density at radius 2 is 1.24 bits per heavy atom. The molecule has 3 heterocycles.